The maximum Gasteiger partial charge on any atom is 0.186 e. The van der Waals surface area contributed by atoms with Gasteiger partial charge in [0.1, 0.15) is 18.1 Å². The van der Waals surface area contributed by atoms with E-state index in [-0.39, 0.29) is 6.23 Å². The Kier molecular flexibility index (Phi) is 7.78. The van der Waals surface area contributed by atoms with E-state index in [2.05, 4.69) is 77.7 Å². The van der Waals surface area contributed by atoms with Gasteiger partial charge in [-0.15, -0.1) is 0 Å². The molecule has 0 heterocycles. The van der Waals surface area contributed by atoms with Crippen molar-refractivity contribution in [1.29, 1.82) is 0 Å². The van der Waals surface area contributed by atoms with Gasteiger partial charge in [0.05, 0.1) is 0 Å². The van der Waals surface area contributed by atoms with Gasteiger partial charge in [-0.1, -0.05) is 97.1 Å². The standard InChI is InChI=1S/C30H31NO2/c1-31(2)30(33-29-20-12-10-18-27(29)22-25-15-7-4-8-16-25)23-32-28-19-11-9-17-26(28)21-24-13-5-3-6-14-24/h3-20,30H,21-23H2,1-2H3. The highest BCUT2D eigenvalue weighted by molar-refractivity contribution is 5.39. The summed E-state index contributed by atoms with van der Waals surface area (Å²) in [4.78, 5) is 2.05. The van der Waals surface area contributed by atoms with E-state index in [0.717, 1.165) is 24.3 Å². The molecule has 4 rings (SSSR count). The van der Waals surface area contributed by atoms with Crippen LogP contribution in [0.25, 0.3) is 0 Å². The van der Waals surface area contributed by atoms with Gasteiger partial charge in [0.25, 0.3) is 0 Å². The van der Waals surface area contributed by atoms with Gasteiger partial charge in [-0.25, -0.2) is 0 Å². The molecule has 168 valence electrons. The first-order chi connectivity index (χ1) is 16.2. The fraction of sp³-hybridized carbons (Fsp3) is 0.200. The molecule has 1 unspecified atom stereocenters. The minimum Gasteiger partial charge on any atom is -0.488 e. The predicted octanol–water partition coefficient (Wildman–Crippen LogP) is 6.21. The molecule has 0 amide bonds. The summed E-state index contributed by atoms with van der Waals surface area (Å²) >= 11 is 0. The lowest BCUT2D eigenvalue weighted by molar-refractivity contribution is 0.0216. The molecule has 0 fully saturated rings. The Morgan fingerprint density at radius 3 is 1.58 bits per heavy atom. The van der Waals surface area contributed by atoms with Crippen molar-refractivity contribution in [1.82, 2.24) is 4.90 Å². The van der Waals surface area contributed by atoms with E-state index < -0.39 is 0 Å². The fourth-order valence-electron chi connectivity index (χ4n) is 3.78. The predicted molar refractivity (Wildman–Crippen MR) is 135 cm³/mol. The fourth-order valence-corrected chi connectivity index (χ4v) is 3.78. The number of nitrogens with zero attached hydrogens (tertiary/aromatic N) is 1. The number of likely N-dealkylation sites (N-methyl/N-ethyl adjacent to an activating group) is 1. The highest BCUT2D eigenvalue weighted by Crippen LogP contribution is 2.25. The number of hydrogen-bond donors (Lipinski definition) is 0. The van der Waals surface area contributed by atoms with E-state index in [1.807, 2.05) is 50.5 Å². The van der Waals surface area contributed by atoms with Crippen LogP contribution in [0.3, 0.4) is 0 Å². The van der Waals surface area contributed by atoms with Crippen LogP contribution in [0.4, 0.5) is 0 Å². The van der Waals surface area contributed by atoms with Gasteiger partial charge in [-0.2, -0.15) is 0 Å². The summed E-state index contributed by atoms with van der Waals surface area (Å²) in [6, 6.07) is 37.4. The summed E-state index contributed by atoms with van der Waals surface area (Å²) in [5.74, 6) is 1.79. The SMILES string of the molecule is CN(C)C(COc1ccccc1Cc1ccccc1)Oc1ccccc1Cc1ccccc1. The van der Waals surface area contributed by atoms with E-state index >= 15 is 0 Å². The number of rotatable bonds is 10. The third-order valence-corrected chi connectivity index (χ3v) is 5.64. The third-order valence-electron chi connectivity index (χ3n) is 5.64. The maximum absolute atomic E-state index is 6.46. The molecule has 0 radical (unpaired) electrons. The van der Waals surface area contributed by atoms with Crippen molar-refractivity contribution in [2.24, 2.45) is 0 Å². The van der Waals surface area contributed by atoms with Crippen LogP contribution in [0, 0.1) is 0 Å². The Bertz CT molecular complexity index is 1130. The van der Waals surface area contributed by atoms with Crippen LogP contribution in [0.5, 0.6) is 11.5 Å². The van der Waals surface area contributed by atoms with Crippen LogP contribution in [0.15, 0.2) is 109 Å². The lowest BCUT2D eigenvalue weighted by atomic mass is 10.0. The Labute approximate surface area is 197 Å². The minimum absolute atomic E-state index is 0.216. The van der Waals surface area contributed by atoms with Crippen LogP contribution < -0.4 is 9.47 Å². The largest absolute Gasteiger partial charge is 0.488 e. The number of ether oxygens (including phenoxy) is 2. The van der Waals surface area contributed by atoms with Crippen LogP contribution in [0.1, 0.15) is 22.3 Å². The first kappa shape index (κ1) is 22.6. The van der Waals surface area contributed by atoms with Gasteiger partial charge in [-0.3, -0.25) is 4.90 Å². The third kappa shape index (κ3) is 6.47. The maximum atomic E-state index is 6.46. The lowest BCUT2D eigenvalue weighted by Gasteiger charge is -2.27. The Hall–Kier alpha value is -3.56. The highest BCUT2D eigenvalue weighted by atomic mass is 16.5. The van der Waals surface area contributed by atoms with Gasteiger partial charge in [0.2, 0.25) is 0 Å². The van der Waals surface area contributed by atoms with Gasteiger partial charge in [0, 0.05) is 12.8 Å². The molecule has 0 aromatic heterocycles. The van der Waals surface area contributed by atoms with E-state index in [1.165, 1.54) is 22.3 Å². The van der Waals surface area contributed by atoms with Gasteiger partial charge >= 0.3 is 0 Å². The van der Waals surface area contributed by atoms with Crippen molar-refractivity contribution in [2.45, 2.75) is 19.1 Å². The average Bonchev–Trinajstić information content (AvgIpc) is 2.85. The molecule has 33 heavy (non-hydrogen) atoms. The monoisotopic (exact) mass is 437 g/mol. The Morgan fingerprint density at radius 2 is 1.03 bits per heavy atom. The first-order valence-corrected chi connectivity index (χ1v) is 11.4. The summed E-state index contributed by atoms with van der Waals surface area (Å²) in [7, 11) is 4.04. The smallest absolute Gasteiger partial charge is 0.186 e. The number of benzene rings is 4. The molecule has 0 bridgehead atoms. The quantitative estimate of drug-likeness (QED) is 0.275. The minimum atomic E-state index is -0.216. The average molecular weight is 438 g/mol. The van der Waals surface area contributed by atoms with Crippen LogP contribution in [0.2, 0.25) is 0 Å². The summed E-state index contributed by atoms with van der Waals surface area (Å²) in [6.45, 7) is 0.429. The lowest BCUT2D eigenvalue weighted by Crippen LogP contribution is -2.39. The molecule has 0 spiro atoms. The molecule has 0 saturated heterocycles. The van der Waals surface area contributed by atoms with E-state index in [4.69, 9.17) is 9.47 Å². The molecule has 4 aromatic carbocycles. The summed E-state index contributed by atoms with van der Waals surface area (Å²) in [5, 5.41) is 0. The molecule has 0 aliphatic carbocycles. The molecule has 0 saturated carbocycles. The second kappa shape index (κ2) is 11.3. The zero-order valence-corrected chi connectivity index (χ0v) is 19.4. The molecular weight excluding hydrogens is 406 g/mol. The second-order valence-corrected chi connectivity index (χ2v) is 8.39. The summed E-state index contributed by atoms with van der Waals surface area (Å²) in [5.41, 5.74) is 4.87. The molecule has 0 aliphatic rings. The molecular formula is C30H31NO2. The van der Waals surface area contributed by atoms with Crippen LogP contribution in [-0.2, 0) is 12.8 Å². The van der Waals surface area contributed by atoms with Crippen LogP contribution in [-0.4, -0.2) is 31.8 Å². The van der Waals surface area contributed by atoms with Gasteiger partial charge in [-0.05, 0) is 48.5 Å². The molecule has 0 aliphatic heterocycles. The topological polar surface area (TPSA) is 21.7 Å². The zero-order valence-electron chi connectivity index (χ0n) is 19.4. The van der Waals surface area contributed by atoms with Crippen molar-refractivity contribution in [2.75, 3.05) is 20.7 Å². The zero-order chi connectivity index (χ0) is 22.9. The molecule has 0 N–H and O–H groups in total. The highest BCUT2D eigenvalue weighted by Gasteiger charge is 2.17. The molecule has 3 nitrogen and oxygen atoms in total. The molecule has 1 atom stereocenters. The molecule has 3 heteroatoms. The van der Waals surface area contributed by atoms with Gasteiger partial charge in [0.15, 0.2) is 6.23 Å². The van der Waals surface area contributed by atoms with Crippen molar-refractivity contribution in [3.63, 3.8) is 0 Å². The Morgan fingerprint density at radius 1 is 0.576 bits per heavy atom. The normalized spacial score (nSPS) is 11.8. The van der Waals surface area contributed by atoms with Crippen molar-refractivity contribution in [3.05, 3.63) is 131 Å². The van der Waals surface area contributed by atoms with Crippen molar-refractivity contribution >= 4 is 0 Å². The number of hydrogen-bond acceptors (Lipinski definition) is 3. The number of para-hydroxylation sites is 2. The van der Waals surface area contributed by atoms with Crippen molar-refractivity contribution in [3.8, 4) is 11.5 Å². The first-order valence-electron chi connectivity index (χ1n) is 11.4. The van der Waals surface area contributed by atoms with E-state index in [9.17, 15) is 0 Å². The van der Waals surface area contributed by atoms with E-state index in [0.29, 0.717) is 6.61 Å². The van der Waals surface area contributed by atoms with Gasteiger partial charge < -0.3 is 9.47 Å². The van der Waals surface area contributed by atoms with Crippen molar-refractivity contribution < 1.29 is 9.47 Å². The van der Waals surface area contributed by atoms with Crippen LogP contribution >= 0.6 is 0 Å². The summed E-state index contributed by atoms with van der Waals surface area (Å²) in [6.07, 6.45) is 1.45. The molecule has 4 aromatic rings. The summed E-state index contributed by atoms with van der Waals surface area (Å²) < 4.78 is 12.8. The second-order valence-electron chi connectivity index (χ2n) is 8.39. The Balaban J connectivity index is 1.46. The van der Waals surface area contributed by atoms with E-state index in [1.54, 1.807) is 0 Å².